The topological polar surface area (TPSA) is 26.3 Å². The van der Waals surface area contributed by atoms with Crippen LogP contribution in [-0.4, -0.2) is 11.4 Å². The van der Waals surface area contributed by atoms with Crippen molar-refractivity contribution in [3.8, 4) is 0 Å². The largest absolute Gasteiger partial charge is 0.454 e. The summed E-state index contributed by atoms with van der Waals surface area (Å²) in [6, 6.07) is 0. The van der Waals surface area contributed by atoms with E-state index in [-0.39, 0.29) is 6.10 Å². The maximum atomic E-state index is 11.2. The van der Waals surface area contributed by atoms with Crippen LogP contribution in [0.1, 0.15) is 84.5 Å². The monoisotopic (exact) mass is 402 g/mol. The van der Waals surface area contributed by atoms with Gasteiger partial charge in [0.2, 0.25) is 0 Å². The fourth-order valence-electron chi connectivity index (χ4n) is 7.42. The van der Waals surface area contributed by atoms with Gasteiger partial charge in [-0.15, -0.1) is 0 Å². The lowest BCUT2D eigenvalue weighted by Crippen LogP contribution is -2.46. The molecule has 0 aliphatic heterocycles. The van der Waals surface area contributed by atoms with Crippen LogP contribution in [-0.2, 0) is 4.74 Å². The highest BCUT2D eigenvalue weighted by Gasteiger charge is 2.55. The van der Waals surface area contributed by atoms with E-state index in [1.165, 1.54) is 57.8 Å². The minimum Gasteiger partial charge on any atom is -0.454 e. The fraction of sp³-hybridized carbons (Fsp3) is 0.800. The molecule has 4 aliphatic carbocycles. The molecule has 0 aromatic heterocycles. The lowest BCUT2D eigenvalue weighted by molar-refractivity contribution is -0.0108. The second-order valence-electron chi connectivity index (χ2n) is 10.1. The summed E-state index contributed by atoms with van der Waals surface area (Å²) in [6.07, 6.45) is 21.6. The van der Waals surface area contributed by atoms with Gasteiger partial charge in [0.15, 0.2) is 0 Å². The molecule has 7 atom stereocenters. The van der Waals surface area contributed by atoms with Crippen molar-refractivity contribution in [1.29, 1.82) is 0 Å². The minimum absolute atomic E-state index is 0.0574. The van der Waals surface area contributed by atoms with Crippen LogP contribution >= 0.6 is 12.6 Å². The molecule has 0 N–H and O–H groups in total. The Morgan fingerprint density at radius 1 is 1.25 bits per heavy atom. The van der Waals surface area contributed by atoms with E-state index in [1.807, 2.05) is 0 Å². The normalized spacial score (nSPS) is 42.5. The first-order valence-electron chi connectivity index (χ1n) is 11.8. The number of unbranched alkanes of at least 4 members (excludes halogenated alkanes) is 2. The second kappa shape index (κ2) is 8.58. The molecule has 3 saturated carbocycles. The van der Waals surface area contributed by atoms with Crippen LogP contribution in [0.25, 0.3) is 0 Å². The third-order valence-corrected chi connectivity index (χ3v) is 8.94. The molecule has 0 amide bonds. The number of fused-ring (bicyclic) bond motifs is 5. The summed E-state index contributed by atoms with van der Waals surface area (Å²) in [4.78, 5) is 11.2. The van der Waals surface area contributed by atoms with Gasteiger partial charge in [-0.05, 0) is 86.4 Å². The summed E-state index contributed by atoms with van der Waals surface area (Å²) >= 11 is 3.81. The summed E-state index contributed by atoms with van der Waals surface area (Å²) in [5.74, 6) is 4.19. The Morgan fingerprint density at radius 3 is 2.89 bits per heavy atom. The SMILES string of the molecule is CCCC/C=C\[C@H]1CCC2[C@@H]3CC=C4C[C@@H](OC(=O)S)CCC4C3CC[C@@]21C. The predicted molar refractivity (Wildman–Crippen MR) is 118 cm³/mol. The summed E-state index contributed by atoms with van der Waals surface area (Å²) in [6.45, 7) is 4.89. The Hall–Kier alpha value is -0.700. The summed E-state index contributed by atoms with van der Waals surface area (Å²) in [5, 5.41) is -0.421. The number of hydrogen-bond donors (Lipinski definition) is 1. The Kier molecular flexibility index (Phi) is 6.30. The molecule has 4 aliphatic rings. The van der Waals surface area contributed by atoms with Gasteiger partial charge in [0.25, 0.3) is 0 Å². The Balaban J connectivity index is 1.45. The molecule has 4 rings (SSSR count). The van der Waals surface area contributed by atoms with Crippen molar-refractivity contribution in [2.75, 3.05) is 0 Å². The van der Waals surface area contributed by atoms with E-state index in [9.17, 15) is 4.79 Å². The van der Waals surface area contributed by atoms with Crippen LogP contribution in [0.5, 0.6) is 0 Å². The maximum Gasteiger partial charge on any atom is 0.364 e. The van der Waals surface area contributed by atoms with E-state index in [2.05, 4.69) is 44.7 Å². The molecule has 28 heavy (non-hydrogen) atoms. The Bertz CT molecular complexity index is 638. The highest BCUT2D eigenvalue weighted by atomic mass is 32.1. The van der Waals surface area contributed by atoms with Crippen LogP contribution in [0.4, 0.5) is 4.79 Å². The first kappa shape index (κ1) is 20.6. The lowest BCUT2D eigenvalue weighted by atomic mass is 9.52. The molecule has 0 heterocycles. The van der Waals surface area contributed by atoms with Crippen LogP contribution in [0.3, 0.4) is 0 Å². The van der Waals surface area contributed by atoms with E-state index in [1.54, 1.807) is 5.57 Å². The van der Waals surface area contributed by atoms with Gasteiger partial charge in [0, 0.05) is 6.42 Å². The molecular formula is C25H38O2S. The number of rotatable bonds is 5. The van der Waals surface area contributed by atoms with Gasteiger partial charge >= 0.3 is 5.30 Å². The maximum absolute atomic E-state index is 11.2. The Labute approximate surface area is 177 Å². The van der Waals surface area contributed by atoms with E-state index in [0.717, 1.165) is 42.4 Å². The molecule has 0 radical (unpaired) electrons. The predicted octanol–water partition coefficient (Wildman–Crippen LogP) is 7.36. The van der Waals surface area contributed by atoms with Crippen molar-refractivity contribution < 1.29 is 9.53 Å². The molecule has 2 nitrogen and oxygen atoms in total. The van der Waals surface area contributed by atoms with E-state index >= 15 is 0 Å². The van der Waals surface area contributed by atoms with Gasteiger partial charge in [-0.1, -0.05) is 63.1 Å². The van der Waals surface area contributed by atoms with Crippen molar-refractivity contribution in [2.45, 2.75) is 90.6 Å². The van der Waals surface area contributed by atoms with Gasteiger partial charge in [-0.2, -0.15) is 0 Å². The standard InChI is InChI=1S/C25H38O2S/c1-3-4-5-6-7-18-9-13-23-22-11-8-17-16-19(27-24(26)28)10-12-20(17)21(22)14-15-25(18,23)2/h6-8,18-23H,3-5,9-16H2,1-2H3,(H,26,28)/b7-6-/t18-,19-,20?,21?,22+,23?,25+/m0/s1. The highest BCUT2D eigenvalue weighted by Crippen LogP contribution is 2.63. The van der Waals surface area contributed by atoms with Gasteiger partial charge in [-0.3, -0.25) is 0 Å². The molecule has 3 heteroatoms. The quantitative estimate of drug-likeness (QED) is 0.225. The molecule has 0 bridgehead atoms. The Morgan fingerprint density at radius 2 is 2.11 bits per heavy atom. The van der Waals surface area contributed by atoms with Gasteiger partial charge in [-0.25, -0.2) is 4.79 Å². The van der Waals surface area contributed by atoms with Gasteiger partial charge in [0.1, 0.15) is 6.10 Å². The highest BCUT2D eigenvalue weighted by molar-refractivity contribution is 7.96. The van der Waals surface area contributed by atoms with Gasteiger partial charge in [0.05, 0.1) is 0 Å². The van der Waals surface area contributed by atoms with Crippen LogP contribution < -0.4 is 0 Å². The zero-order valence-corrected chi connectivity index (χ0v) is 18.6. The lowest BCUT2D eigenvalue weighted by Gasteiger charge is -2.53. The van der Waals surface area contributed by atoms with Crippen molar-refractivity contribution in [1.82, 2.24) is 0 Å². The summed E-state index contributed by atoms with van der Waals surface area (Å²) < 4.78 is 5.41. The van der Waals surface area contributed by atoms with Crippen LogP contribution in [0, 0.1) is 35.0 Å². The third kappa shape index (κ3) is 3.85. The number of hydrogen-bond acceptors (Lipinski definition) is 2. The second-order valence-corrected chi connectivity index (χ2v) is 10.5. The minimum atomic E-state index is -0.421. The molecule has 0 saturated heterocycles. The smallest absolute Gasteiger partial charge is 0.364 e. The zero-order chi connectivity index (χ0) is 19.7. The number of carbonyl (C=O) groups excluding carboxylic acids is 1. The first-order chi connectivity index (χ1) is 13.5. The van der Waals surface area contributed by atoms with Crippen molar-refractivity contribution in [3.05, 3.63) is 23.8 Å². The molecule has 0 aromatic carbocycles. The summed E-state index contributed by atoms with van der Waals surface area (Å²) in [5.41, 5.74) is 2.11. The number of ether oxygens (including phenoxy) is 1. The van der Waals surface area contributed by atoms with Gasteiger partial charge < -0.3 is 4.74 Å². The number of thiol groups is 1. The van der Waals surface area contributed by atoms with Crippen LogP contribution in [0.2, 0.25) is 0 Å². The zero-order valence-electron chi connectivity index (χ0n) is 17.7. The third-order valence-electron chi connectivity index (χ3n) is 8.83. The van der Waals surface area contributed by atoms with E-state index < -0.39 is 5.30 Å². The average molecular weight is 403 g/mol. The molecule has 0 spiro atoms. The molecular weight excluding hydrogens is 364 g/mol. The van der Waals surface area contributed by atoms with E-state index in [0.29, 0.717) is 5.41 Å². The number of carbonyl (C=O) groups is 1. The molecule has 156 valence electrons. The average Bonchev–Trinajstić information content (AvgIpc) is 3.01. The van der Waals surface area contributed by atoms with Crippen molar-refractivity contribution >= 4 is 17.9 Å². The van der Waals surface area contributed by atoms with Crippen molar-refractivity contribution in [3.63, 3.8) is 0 Å². The van der Waals surface area contributed by atoms with Crippen molar-refractivity contribution in [2.24, 2.45) is 35.0 Å². The first-order valence-corrected chi connectivity index (χ1v) is 12.2. The number of allylic oxidation sites excluding steroid dienone is 3. The van der Waals surface area contributed by atoms with E-state index in [4.69, 9.17) is 4.74 Å². The van der Waals surface area contributed by atoms with Crippen LogP contribution in [0.15, 0.2) is 23.8 Å². The molecule has 3 unspecified atom stereocenters. The molecule has 3 fully saturated rings. The molecule has 0 aromatic rings. The fourth-order valence-corrected chi connectivity index (χ4v) is 7.57. The summed E-state index contributed by atoms with van der Waals surface area (Å²) in [7, 11) is 0.